The predicted octanol–water partition coefficient (Wildman–Crippen LogP) is 3.89. The monoisotopic (exact) mass is 363 g/mol. The van der Waals surface area contributed by atoms with Crippen LogP contribution in [0.3, 0.4) is 0 Å². The molecule has 2 aromatic carbocycles. The summed E-state index contributed by atoms with van der Waals surface area (Å²) >= 11 is 0. The van der Waals surface area contributed by atoms with Crippen molar-refractivity contribution in [2.45, 2.75) is 33.7 Å². The first kappa shape index (κ1) is 17.6. The molecule has 1 aliphatic heterocycles. The number of likely N-dealkylation sites (tertiary alicyclic amines) is 1. The van der Waals surface area contributed by atoms with Crippen molar-refractivity contribution in [3.63, 3.8) is 0 Å². The summed E-state index contributed by atoms with van der Waals surface area (Å²) in [5.41, 5.74) is 4.80. The number of para-hydroxylation sites is 2. The summed E-state index contributed by atoms with van der Waals surface area (Å²) in [5.74, 6) is 1.83. The molecule has 140 valence electrons. The number of amides is 1. The van der Waals surface area contributed by atoms with Crippen molar-refractivity contribution < 1.29 is 9.90 Å². The average molecular weight is 363 g/mol. The van der Waals surface area contributed by atoms with E-state index < -0.39 is 0 Å². The Bertz CT molecular complexity index is 999. The highest BCUT2D eigenvalue weighted by atomic mass is 16.3. The highest BCUT2D eigenvalue weighted by Crippen LogP contribution is 2.32. The van der Waals surface area contributed by atoms with Crippen LogP contribution in [0.2, 0.25) is 0 Å². The van der Waals surface area contributed by atoms with E-state index in [0.717, 1.165) is 59.6 Å². The Balaban J connectivity index is 1.78. The average Bonchev–Trinajstić information content (AvgIpc) is 3.25. The fourth-order valence-electron chi connectivity index (χ4n) is 4.09. The summed E-state index contributed by atoms with van der Waals surface area (Å²) in [4.78, 5) is 18.5. The molecule has 27 heavy (non-hydrogen) atoms. The second-order valence-electron chi connectivity index (χ2n) is 7.61. The quantitative estimate of drug-likeness (QED) is 0.768. The second kappa shape index (κ2) is 6.72. The van der Waals surface area contributed by atoms with Crippen LogP contribution in [0.5, 0.6) is 5.75 Å². The number of nitrogens with zero attached hydrogens (tertiary/aromatic N) is 3. The summed E-state index contributed by atoms with van der Waals surface area (Å²) in [6.07, 6.45) is 1.01. The first-order valence-corrected chi connectivity index (χ1v) is 9.45. The maximum Gasteiger partial charge on any atom is 0.219 e. The van der Waals surface area contributed by atoms with Crippen LogP contribution in [0, 0.1) is 19.8 Å². The molecule has 1 N–H and O–H groups in total. The van der Waals surface area contributed by atoms with Gasteiger partial charge in [-0.05, 0) is 61.6 Å². The number of aryl methyl sites for hydroxylation is 2. The summed E-state index contributed by atoms with van der Waals surface area (Å²) in [6.45, 7) is 7.94. The number of phenols is 1. The number of aromatic nitrogens is 2. The summed E-state index contributed by atoms with van der Waals surface area (Å²) in [7, 11) is 0. The minimum absolute atomic E-state index is 0.151. The zero-order valence-electron chi connectivity index (χ0n) is 16.1. The molecule has 4 rings (SSSR count). The third kappa shape index (κ3) is 3.18. The van der Waals surface area contributed by atoms with Gasteiger partial charge < -0.3 is 14.6 Å². The molecule has 0 radical (unpaired) electrons. The first-order valence-electron chi connectivity index (χ1n) is 9.45. The van der Waals surface area contributed by atoms with E-state index in [1.165, 1.54) is 0 Å². The van der Waals surface area contributed by atoms with Gasteiger partial charge in [0.15, 0.2) is 0 Å². The molecule has 1 aromatic heterocycles. The minimum atomic E-state index is 0.151. The van der Waals surface area contributed by atoms with Crippen LogP contribution in [0.25, 0.3) is 22.4 Å². The first-order chi connectivity index (χ1) is 12.9. The van der Waals surface area contributed by atoms with Crippen molar-refractivity contribution >= 4 is 16.9 Å². The van der Waals surface area contributed by atoms with Crippen LogP contribution in [0.1, 0.15) is 24.5 Å². The normalized spacial score (nSPS) is 17.0. The predicted molar refractivity (Wildman–Crippen MR) is 107 cm³/mol. The van der Waals surface area contributed by atoms with E-state index in [1.54, 1.807) is 6.92 Å². The third-order valence-corrected chi connectivity index (χ3v) is 5.58. The molecular weight excluding hydrogens is 338 g/mol. The number of aromatic hydroxyl groups is 1. The van der Waals surface area contributed by atoms with Gasteiger partial charge in [-0.2, -0.15) is 0 Å². The molecule has 2 heterocycles. The Morgan fingerprint density at radius 2 is 1.93 bits per heavy atom. The van der Waals surface area contributed by atoms with Crippen LogP contribution in [0.15, 0.2) is 36.4 Å². The molecule has 0 bridgehead atoms. The topological polar surface area (TPSA) is 58.4 Å². The summed E-state index contributed by atoms with van der Waals surface area (Å²) < 4.78 is 2.27. The van der Waals surface area contributed by atoms with Gasteiger partial charge in [-0.3, -0.25) is 4.79 Å². The SMILES string of the molecule is CC(=O)N1CCC(Cn2c(-c3cc(C)c(O)c(C)c3)nc3ccccc32)C1. The molecule has 5 heteroatoms. The Labute approximate surface area is 159 Å². The largest absolute Gasteiger partial charge is 0.507 e. The molecule has 1 atom stereocenters. The lowest BCUT2D eigenvalue weighted by Gasteiger charge is -2.17. The lowest BCUT2D eigenvalue weighted by atomic mass is 10.0. The second-order valence-corrected chi connectivity index (χ2v) is 7.61. The molecule has 5 nitrogen and oxygen atoms in total. The number of carbonyl (C=O) groups excluding carboxylic acids is 1. The fourth-order valence-corrected chi connectivity index (χ4v) is 4.09. The number of carbonyl (C=O) groups is 1. The molecule has 0 saturated carbocycles. The smallest absolute Gasteiger partial charge is 0.219 e. The van der Waals surface area contributed by atoms with Gasteiger partial charge in [0.05, 0.1) is 11.0 Å². The minimum Gasteiger partial charge on any atom is -0.507 e. The highest BCUT2D eigenvalue weighted by molar-refractivity contribution is 5.81. The fraction of sp³-hybridized carbons (Fsp3) is 0.364. The molecule has 1 amide bonds. The van der Waals surface area contributed by atoms with Crippen molar-refractivity contribution in [3.05, 3.63) is 47.5 Å². The number of fused-ring (bicyclic) bond motifs is 1. The number of hydrogen-bond acceptors (Lipinski definition) is 3. The number of phenolic OH excluding ortho intramolecular Hbond substituents is 1. The van der Waals surface area contributed by atoms with E-state index in [2.05, 4.69) is 10.6 Å². The maximum atomic E-state index is 11.7. The van der Waals surface area contributed by atoms with Crippen LogP contribution in [0.4, 0.5) is 0 Å². The van der Waals surface area contributed by atoms with Crippen molar-refractivity contribution in [1.29, 1.82) is 0 Å². The van der Waals surface area contributed by atoms with Crippen molar-refractivity contribution in [1.82, 2.24) is 14.5 Å². The van der Waals surface area contributed by atoms with Crippen LogP contribution < -0.4 is 0 Å². The molecule has 0 spiro atoms. The van der Waals surface area contributed by atoms with Gasteiger partial charge in [0, 0.05) is 32.1 Å². The van der Waals surface area contributed by atoms with Gasteiger partial charge >= 0.3 is 0 Å². The molecule has 1 saturated heterocycles. The Morgan fingerprint density at radius 1 is 1.22 bits per heavy atom. The van der Waals surface area contributed by atoms with E-state index in [-0.39, 0.29) is 5.91 Å². The van der Waals surface area contributed by atoms with Gasteiger partial charge in [-0.25, -0.2) is 4.98 Å². The Hall–Kier alpha value is -2.82. The highest BCUT2D eigenvalue weighted by Gasteiger charge is 2.26. The van der Waals surface area contributed by atoms with Crippen LogP contribution >= 0.6 is 0 Å². The van der Waals surface area contributed by atoms with Crippen molar-refractivity contribution in [2.24, 2.45) is 5.92 Å². The lowest BCUT2D eigenvalue weighted by Crippen LogP contribution is -2.26. The van der Waals surface area contributed by atoms with E-state index >= 15 is 0 Å². The molecule has 0 aliphatic carbocycles. The van der Waals surface area contributed by atoms with E-state index in [0.29, 0.717) is 11.7 Å². The van der Waals surface area contributed by atoms with Crippen LogP contribution in [-0.4, -0.2) is 38.6 Å². The maximum absolute atomic E-state index is 11.7. The van der Waals surface area contributed by atoms with E-state index in [9.17, 15) is 9.90 Å². The van der Waals surface area contributed by atoms with Gasteiger partial charge in [-0.15, -0.1) is 0 Å². The zero-order valence-corrected chi connectivity index (χ0v) is 16.1. The number of benzene rings is 2. The zero-order chi connectivity index (χ0) is 19.1. The van der Waals surface area contributed by atoms with Gasteiger partial charge in [0.2, 0.25) is 5.91 Å². The molecule has 3 aromatic rings. The number of hydrogen-bond donors (Lipinski definition) is 1. The Morgan fingerprint density at radius 3 is 2.59 bits per heavy atom. The van der Waals surface area contributed by atoms with E-state index in [1.807, 2.05) is 49.1 Å². The summed E-state index contributed by atoms with van der Waals surface area (Å²) in [5, 5.41) is 10.1. The van der Waals surface area contributed by atoms with E-state index in [4.69, 9.17) is 4.98 Å². The number of imidazole rings is 1. The van der Waals surface area contributed by atoms with Gasteiger partial charge in [-0.1, -0.05) is 12.1 Å². The molecular formula is C22H25N3O2. The standard InChI is InChI=1S/C22H25N3O2/c1-14-10-18(11-15(2)21(14)27)22-23-19-6-4-5-7-20(19)25(22)13-17-8-9-24(12-17)16(3)26/h4-7,10-11,17,27H,8-9,12-13H2,1-3H3. The molecule has 1 unspecified atom stereocenters. The summed E-state index contributed by atoms with van der Waals surface area (Å²) in [6, 6.07) is 12.2. The van der Waals surface area contributed by atoms with Crippen molar-refractivity contribution in [3.8, 4) is 17.1 Å². The molecule has 1 aliphatic rings. The Kier molecular flexibility index (Phi) is 4.38. The van der Waals surface area contributed by atoms with Gasteiger partial charge in [0.1, 0.15) is 11.6 Å². The van der Waals surface area contributed by atoms with Crippen LogP contribution in [-0.2, 0) is 11.3 Å². The third-order valence-electron chi connectivity index (χ3n) is 5.58. The van der Waals surface area contributed by atoms with Gasteiger partial charge in [0.25, 0.3) is 0 Å². The van der Waals surface area contributed by atoms with Crippen molar-refractivity contribution in [2.75, 3.05) is 13.1 Å². The lowest BCUT2D eigenvalue weighted by molar-refractivity contribution is -0.127. The number of rotatable bonds is 3. The molecule has 1 fully saturated rings.